The third kappa shape index (κ3) is 4.73. The van der Waals surface area contributed by atoms with Gasteiger partial charge in [0.2, 0.25) is 0 Å². The lowest BCUT2D eigenvalue weighted by Crippen LogP contribution is -2.62. The maximum atomic E-state index is 13.2. The minimum atomic E-state index is -3.88. The SMILES string of the molecule is CN([C@H]1CCCN2C(=O)C(=O)C(C(=O)NCc3ccc(F)cc3)N=C12)S(=O)(=O)N1CCOCC1. The zero-order chi connectivity index (χ0) is 24.5. The summed E-state index contributed by atoms with van der Waals surface area (Å²) in [6.45, 7) is 1.22. The first-order chi connectivity index (χ1) is 16.2. The van der Waals surface area contributed by atoms with Gasteiger partial charge in [0.15, 0.2) is 6.04 Å². The number of ether oxygens (including phenoxy) is 1. The van der Waals surface area contributed by atoms with E-state index in [4.69, 9.17) is 4.74 Å². The summed E-state index contributed by atoms with van der Waals surface area (Å²) in [7, 11) is -2.47. The standard InChI is InChI=1S/C21H26FN5O6S/c1-25(34(31,32)26-9-11-33-12-10-26)16-3-2-8-27-19(16)24-17(18(28)21(27)30)20(29)23-13-14-4-6-15(22)7-5-14/h4-7,16-17H,2-3,8-13H2,1H3,(H,23,29)/t16-,17?/m0/s1. The van der Waals surface area contributed by atoms with E-state index in [9.17, 15) is 27.2 Å². The average Bonchev–Trinajstić information content (AvgIpc) is 2.85. The Morgan fingerprint density at radius 2 is 1.88 bits per heavy atom. The molecule has 0 saturated carbocycles. The van der Waals surface area contributed by atoms with Crippen LogP contribution in [0, 0.1) is 5.82 Å². The molecule has 1 aromatic carbocycles. The highest BCUT2D eigenvalue weighted by Crippen LogP contribution is 2.25. The molecular weight excluding hydrogens is 469 g/mol. The number of Topliss-reactive ketones (excluding diaryl/α,β-unsaturated/α-hetero) is 1. The van der Waals surface area contributed by atoms with Crippen molar-refractivity contribution < 1.29 is 31.9 Å². The third-order valence-electron chi connectivity index (χ3n) is 6.13. The molecule has 1 unspecified atom stereocenters. The number of benzene rings is 1. The zero-order valence-corrected chi connectivity index (χ0v) is 19.5. The van der Waals surface area contributed by atoms with Gasteiger partial charge in [0.05, 0.1) is 19.3 Å². The van der Waals surface area contributed by atoms with Crippen LogP contribution in [0.25, 0.3) is 0 Å². The van der Waals surface area contributed by atoms with Gasteiger partial charge in [-0.1, -0.05) is 12.1 Å². The second-order valence-corrected chi connectivity index (χ2v) is 10.2. The molecule has 2 fully saturated rings. The number of likely N-dealkylation sites (N-methyl/N-ethyl adjacent to an activating group) is 1. The molecule has 2 saturated heterocycles. The van der Waals surface area contributed by atoms with Gasteiger partial charge in [0.1, 0.15) is 11.7 Å². The number of morpholine rings is 1. The van der Waals surface area contributed by atoms with Crippen molar-refractivity contribution in [3.8, 4) is 0 Å². The average molecular weight is 496 g/mol. The van der Waals surface area contributed by atoms with E-state index >= 15 is 0 Å². The van der Waals surface area contributed by atoms with E-state index in [1.807, 2.05) is 0 Å². The number of ketones is 1. The Bertz CT molecular complexity index is 1100. The summed E-state index contributed by atoms with van der Waals surface area (Å²) >= 11 is 0. The van der Waals surface area contributed by atoms with Crippen LogP contribution in [-0.4, -0.2) is 97.3 Å². The van der Waals surface area contributed by atoms with Crippen molar-refractivity contribution >= 4 is 33.6 Å². The van der Waals surface area contributed by atoms with E-state index in [1.54, 1.807) is 0 Å². The Hall–Kier alpha value is -2.74. The number of hydrogen-bond donors (Lipinski definition) is 1. The van der Waals surface area contributed by atoms with E-state index in [2.05, 4.69) is 10.3 Å². The fraction of sp³-hybridized carbons (Fsp3) is 0.524. The van der Waals surface area contributed by atoms with Crippen LogP contribution < -0.4 is 5.32 Å². The summed E-state index contributed by atoms with van der Waals surface area (Å²) in [5.41, 5.74) is 0.602. The first-order valence-electron chi connectivity index (χ1n) is 11.0. The van der Waals surface area contributed by atoms with Gasteiger partial charge in [0, 0.05) is 33.2 Å². The number of rotatable bonds is 6. The van der Waals surface area contributed by atoms with E-state index in [-0.39, 0.29) is 45.2 Å². The predicted octanol–water partition coefficient (Wildman–Crippen LogP) is -0.708. The molecule has 4 rings (SSSR count). The van der Waals surface area contributed by atoms with Crippen molar-refractivity contribution in [3.63, 3.8) is 0 Å². The summed E-state index contributed by atoms with van der Waals surface area (Å²) in [6, 6.07) is 3.04. The number of nitrogens with one attached hydrogen (secondary N) is 1. The first-order valence-corrected chi connectivity index (χ1v) is 12.4. The minimum absolute atomic E-state index is 0.0143. The fourth-order valence-corrected chi connectivity index (χ4v) is 5.70. The highest BCUT2D eigenvalue weighted by molar-refractivity contribution is 7.86. The number of halogens is 1. The van der Waals surface area contributed by atoms with Gasteiger partial charge >= 0.3 is 0 Å². The van der Waals surface area contributed by atoms with Crippen LogP contribution in [0.15, 0.2) is 29.3 Å². The van der Waals surface area contributed by atoms with Gasteiger partial charge in [-0.3, -0.25) is 19.3 Å². The molecular formula is C21H26FN5O6S. The highest BCUT2D eigenvalue weighted by atomic mass is 32.2. The maximum Gasteiger partial charge on any atom is 0.298 e. The summed E-state index contributed by atoms with van der Waals surface area (Å²) in [4.78, 5) is 43.6. The fourth-order valence-electron chi connectivity index (χ4n) is 4.20. The van der Waals surface area contributed by atoms with Crippen LogP contribution >= 0.6 is 0 Å². The summed E-state index contributed by atoms with van der Waals surface area (Å²) in [6.07, 6.45) is 0.869. The van der Waals surface area contributed by atoms with Gasteiger partial charge in [-0.05, 0) is 30.5 Å². The molecule has 0 aliphatic carbocycles. The molecule has 0 spiro atoms. The molecule has 0 bridgehead atoms. The lowest BCUT2D eigenvalue weighted by atomic mass is 9.99. The maximum absolute atomic E-state index is 13.2. The van der Waals surface area contributed by atoms with E-state index in [0.717, 1.165) is 4.31 Å². The van der Waals surface area contributed by atoms with E-state index < -0.39 is 45.7 Å². The van der Waals surface area contributed by atoms with Crippen molar-refractivity contribution in [2.24, 2.45) is 4.99 Å². The largest absolute Gasteiger partial charge is 0.379 e. The number of amidine groups is 1. The van der Waals surface area contributed by atoms with Crippen LogP contribution in [-0.2, 0) is 35.9 Å². The predicted molar refractivity (Wildman–Crippen MR) is 118 cm³/mol. The Kier molecular flexibility index (Phi) is 7.07. The molecule has 3 aliphatic heterocycles. The number of nitrogens with zero attached hydrogens (tertiary/aromatic N) is 4. The quantitative estimate of drug-likeness (QED) is 0.410. The lowest BCUT2D eigenvalue weighted by Gasteiger charge is -2.42. The van der Waals surface area contributed by atoms with Crippen molar-refractivity contribution in [3.05, 3.63) is 35.6 Å². The van der Waals surface area contributed by atoms with Crippen molar-refractivity contribution in [1.29, 1.82) is 0 Å². The zero-order valence-electron chi connectivity index (χ0n) is 18.6. The molecule has 0 radical (unpaired) electrons. The molecule has 3 aliphatic rings. The highest BCUT2D eigenvalue weighted by Gasteiger charge is 2.47. The Morgan fingerprint density at radius 1 is 1.21 bits per heavy atom. The number of carbonyl (C=O) groups excluding carboxylic acids is 3. The third-order valence-corrected chi connectivity index (χ3v) is 8.13. The number of fused-ring (bicyclic) bond motifs is 1. The molecule has 34 heavy (non-hydrogen) atoms. The van der Waals surface area contributed by atoms with E-state index in [1.165, 1.54) is 40.5 Å². The Morgan fingerprint density at radius 3 is 2.56 bits per heavy atom. The Balaban J connectivity index is 1.56. The van der Waals surface area contributed by atoms with Crippen LogP contribution in [0.1, 0.15) is 18.4 Å². The van der Waals surface area contributed by atoms with Gasteiger partial charge in [-0.15, -0.1) is 0 Å². The molecule has 184 valence electrons. The topological polar surface area (TPSA) is 129 Å². The first kappa shape index (κ1) is 24.4. The minimum Gasteiger partial charge on any atom is -0.379 e. The molecule has 3 heterocycles. The van der Waals surface area contributed by atoms with Gasteiger partial charge in [-0.25, -0.2) is 9.38 Å². The smallest absolute Gasteiger partial charge is 0.298 e. The van der Waals surface area contributed by atoms with Crippen LogP contribution in [0.3, 0.4) is 0 Å². The monoisotopic (exact) mass is 495 g/mol. The number of aliphatic imine (C=N–C) groups is 1. The van der Waals surface area contributed by atoms with Gasteiger partial charge < -0.3 is 10.1 Å². The summed E-state index contributed by atoms with van der Waals surface area (Å²) in [5, 5.41) is 2.55. The van der Waals surface area contributed by atoms with Crippen molar-refractivity contribution in [2.75, 3.05) is 39.9 Å². The molecule has 13 heteroatoms. The Labute approximate surface area is 196 Å². The number of hydrogen-bond acceptors (Lipinski definition) is 7. The van der Waals surface area contributed by atoms with Gasteiger partial charge in [-0.2, -0.15) is 17.0 Å². The second-order valence-electron chi connectivity index (χ2n) is 8.25. The van der Waals surface area contributed by atoms with Crippen LogP contribution in [0.2, 0.25) is 0 Å². The molecule has 0 aromatic heterocycles. The number of piperidine rings is 1. The molecule has 2 amide bonds. The number of carbonyl (C=O) groups is 3. The number of amides is 2. The molecule has 11 nitrogen and oxygen atoms in total. The summed E-state index contributed by atoms with van der Waals surface area (Å²) in [5.74, 6) is -2.96. The van der Waals surface area contributed by atoms with Crippen LogP contribution in [0.4, 0.5) is 4.39 Å². The molecule has 2 atom stereocenters. The molecule has 1 N–H and O–H groups in total. The van der Waals surface area contributed by atoms with E-state index in [0.29, 0.717) is 18.4 Å². The van der Waals surface area contributed by atoms with Crippen molar-refractivity contribution in [2.45, 2.75) is 31.5 Å². The van der Waals surface area contributed by atoms with Crippen LogP contribution in [0.5, 0.6) is 0 Å². The lowest BCUT2D eigenvalue weighted by molar-refractivity contribution is -0.146. The molecule has 1 aromatic rings. The summed E-state index contributed by atoms with van der Waals surface area (Å²) < 4.78 is 47.1. The van der Waals surface area contributed by atoms with Gasteiger partial charge in [0.25, 0.3) is 27.8 Å². The second kappa shape index (κ2) is 9.86. The van der Waals surface area contributed by atoms with Crippen molar-refractivity contribution in [1.82, 2.24) is 18.8 Å². The normalized spacial score (nSPS) is 24.1.